The van der Waals surface area contributed by atoms with E-state index in [0.29, 0.717) is 28.7 Å². The molecule has 2 heterocycles. The minimum atomic E-state index is -3.26. The van der Waals surface area contributed by atoms with Gasteiger partial charge in [-0.3, -0.25) is 4.79 Å². The normalized spacial score (nSPS) is 11.7. The van der Waals surface area contributed by atoms with Gasteiger partial charge in [0.15, 0.2) is 15.7 Å². The molecule has 2 aromatic carbocycles. The molecule has 6 nitrogen and oxygen atoms in total. The molecule has 0 radical (unpaired) electrons. The molecular weight excluding hydrogens is 419 g/mol. The second kappa shape index (κ2) is 7.96. The summed E-state index contributed by atoms with van der Waals surface area (Å²) >= 11 is 0. The quantitative estimate of drug-likeness (QED) is 0.463. The first kappa shape index (κ1) is 20.7. The summed E-state index contributed by atoms with van der Waals surface area (Å²) < 4.78 is 37.9. The number of fused-ring (bicyclic) bond motifs is 1. The number of nitrogens with one attached hydrogen (secondary N) is 1. The van der Waals surface area contributed by atoms with Crippen molar-refractivity contribution in [2.24, 2.45) is 0 Å². The van der Waals surface area contributed by atoms with E-state index in [2.05, 4.69) is 9.97 Å². The fourth-order valence-electron chi connectivity index (χ4n) is 3.38. The Labute approximate surface area is 178 Å². The smallest absolute Gasteiger partial charge is 0.303 e. The number of carboxylic acids is 1. The number of carbonyl (C=O) groups is 1. The fourth-order valence-corrected chi connectivity index (χ4v) is 4.01. The standard InChI is InChI=1S/C23H19FN2O4S/c1-31(29,30)18-9-6-15(7-10-18)14-2-4-16(5-3-14)23-19(24)13-21-20(26-23)12-17(25-21)8-11-22(27)28/h2-7,9-10,12-13,25H,8,11H2,1H3,(H,27,28). The Balaban J connectivity index is 1.62. The van der Waals surface area contributed by atoms with Crippen molar-refractivity contribution in [2.45, 2.75) is 17.7 Å². The zero-order chi connectivity index (χ0) is 22.2. The molecule has 4 aromatic rings. The van der Waals surface area contributed by atoms with E-state index in [-0.39, 0.29) is 17.0 Å². The van der Waals surface area contributed by atoms with E-state index in [1.807, 2.05) is 12.1 Å². The number of carboxylic acid groups (broad SMARTS) is 1. The predicted molar refractivity (Wildman–Crippen MR) is 116 cm³/mol. The topological polar surface area (TPSA) is 100 Å². The van der Waals surface area contributed by atoms with Gasteiger partial charge in [0, 0.05) is 23.6 Å². The van der Waals surface area contributed by atoms with Crippen LogP contribution in [0.15, 0.2) is 65.6 Å². The van der Waals surface area contributed by atoms with Crippen LogP contribution < -0.4 is 0 Å². The van der Waals surface area contributed by atoms with Crippen LogP contribution in [0.2, 0.25) is 0 Å². The molecule has 0 spiro atoms. The van der Waals surface area contributed by atoms with Crippen molar-refractivity contribution in [3.05, 3.63) is 72.2 Å². The van der Waals surface area contributed by atoms with Gasteiger partial charge in [0.2, 0.25) is 0 Å². The zero-order valence-corrected chi connectivity index (χ0v) is 17.4. The van der Waals surface area contributed by atoms with Crippen LogP contribution in [-0.2, 0) is 21.1 Å². The Bertz CT molecular complexity index is 1380. The summed E-state index contributed by atoms with van der Waals surface area (Å²) in [4.78, 5) is 18.4. The highest BCUT2D eigenvalue weighted by molar-refractivity contribution is 7.90. The Kier molecular flexibility index (Phi) is 5.32. The number of sulfone groups is 1. The lowest BCUT2D eigenvalue weighted by molar-refractivity contribution is -0.136. The number of pyridine rings is 1. The molecule has 2 aromatic heterocycles. The van der Waals surface area contributed by atoms with E-state index in [4.69, 9.17) is 5.11 Å². The lowest BCUT2D eigenvalue weighted by Gasteiger charge is -2.07. The SMILES string of the molecule is CS(=O)(=O)c1ccc(-c2ccc(-c3nc4cc(CCC(=O)O)[nH]c4cc3F)cc2)cc1. The largest absolute Gasteiger partial charge is 0.481 e. The number of H-pyrrole nitrogens is 1. The van der Waals surface area contributed by atoms with Crippen molar-refractivity contribution < 1.29 is 22.7 Å². The lowest BCUT2D eigenvalue weighted by atomic mass is 10.0. The fraction of sp³-hybridized carbons (Fsp3) is 0.130. The van der Waals surface area contributed by atoms with Crippen molar-refractivity contribution in [1.82, 2.24) is 9.97 Å². The predicted octanol–water partition coefficient (Wildman–Crippen LogP) is 4.46. The number of aromatic amines is 1. The van der Waals surface area contributed by atoms with Crippen LogP contribution >= 0.6 is 0 Å². The molecule has 31 heavy (non-hydrogen) atoms. The molecule has 4 rings (SSSR count). The third-order valence-corrected chi connectivity index (χ3v) is 6.12. The van der Waals surface area contributed by atoms with Gasteiger partial charge in [0.25, 0.3) is 0 Å². The Morgan fingerprint density at radius 2 is 1.58 bits per heavy atom. The minimum absolute atomic E-state index is 0.0191. The van der Waals surface area contributed by atoms with Crippen LogP contribution in [0.25, 0.3) is 33.4 Å². The second-order valence-corrected chi connectivity index (χ2v) is 9.33. The van der Waals surface area contributed by atoms with Gasteiger partial charge in [-0.1, -0.05) is 36.4 Å². The first-order valence-electron chi connectivity index (χ1n) is 9.51. The van der Waals surface area contributed by atoms with Crippen LogP contribution in [0.1, 0.15) is 12.1 Å². The lowest BCUT2D eigenvalue weighted by Crippen LogP contribution is -1.97. The molecule has 0 atom stereocenters. The van der Waals surface area contributed by atoms with Crippen LogP contribution in [-0.4, -0.2) is 35.7 Å². The molecule has 0 amide bonds. The average molecular weight is 438 g/mol. The minimum Gasteiger partial charge on any atom is -0.481 e. The van der Waals surface area contributed by atoms with Gasteiger partial charge in [-0.2, -0.15) is 0 Å². The third-order valence-electron chi connectivity index (χ3n) is 4.99. The third kappa shape index (κ3) is 4.49. The maximum atomic E-state index is 14.7. The Morgan fingerprint density at radius 3 is 2.16 bits per heavy atom. The molecule has 158 valence electrons. The van der Waals surface area contributed by atoms with Crippen LogP contribution in [0.4, 0.5) is 4.39 Å². The maximum absolute atomic E-state index is 14.7. The van der Waals surface area contributed by atoms with E-state index >= 15 is 0 Å². The number of aromatic nitrogens is 2. The highest BCUT2D eigenvalue weighted by Gasteiger charge is 2.13. The zero-order valence-electron chi connectivity index (χ0n) is 16.6. The molecule has 0 bridgehead atoms. The number of hydrogen-bond donors (Lipinski definition) is 2. The summed E-state index contributed by atoms with van der Waals surface area (Å²) in [5.41, 5.74) is 4.29. The van der Waals surface area contributed by atoms with Crippen LogP contribution in [0.5, 0.6) is 0 Å². The van der Waals surface area contributed by atoms with Gasteiger partial charge in [-0.15, -0.1) is 0 Å². The van der Waals surface area contributed by atoms with E-state index in [0.717, 1.165) is 17.4 Å². The van der Waals surface area contributed by atoms with Gasteiger partial charge in [0.1, 0.15) is 5.69 Å². The van der Waals surface area contributed by atoms with Crippen molar-refractivity contribution >= 4 is 26.8 Å². The van der Waals surface area contributed by atoms with Crippen molar-refractivity contribution in [2.75, 3.05) is 6.26 Å². The van der Waals surface area contributed by atoms with Crippen LogP contribution in [0, 0.1) is 5.82 Å². The summed E-state index contributed by atoms with van der Waals surface area (Å²) in [6, 6.07) is 16.8. The van der Waals surface area contributed by atoms with Gasteiger partial charge in [-0.05, 0) is 35.7 Å². The molecule has 0 aliphatic rings. The maximum Gasteiger partial charge on any atom is 0.303 e. The first-order valence-corrected chi connectivity index (χ1v) is 11.4. The number of nitrogens with zero attached hydrogens (tertiary/aromatic N) is 1. The van der Waals surface area contributed by atoms with E-state index in [1.54, 1.807) is 42.5 Å². The molecule has 0 saturated carbocycles. The number of rotatable bonds is 6. The van der Waals surface area contributed by atoms with Gasteiger partial charge >= 0.3 is 5.97 Å². The molecule has 2 N–H and O–H groups in total. The highest BCUT2D eigenvalue weighted by atomic mass is 32.2. The van der Waals surface area contributed by atoms with E-state index in [1.165, 1.54) is 6.07 Å². The first-order chi connectivity index (χ1) is 14.7. The van der Waals surface area contributed by atoms with Crippen molar-refractivity contribution in [3.8, 4) is 22.4 Å². The number of halogens is 1. The van der Waals surface area contributed by atoms with Crippen molar-refractivity contribution in [3.63, 3.8) is 0 Å². The molecule has 0 aliphatic carbocycles. The highest BCUT2D eigenvalue weighted by Crippen LogP contribution is 2.28. The van der Waals surface area contributed by atoms with Gasteiger partial charge < -0.3 is 10.1 Å². The second-order valence-electron chi connectivity index (χ2n) is 7.31. The summed E-state index contributed by atoms with van der Waals surface area (Å²) in [6.45, 7) is 0. The average Bonchev–Trinajstić information content (AvgIpc) is 3.13. The van der Waals surface area contributed by atoms with E-state index < -0.39 is 21.6 Å². The summed E-state index contributed by atoms with van der Waals surface area (Å²) in [6.07, 6.45) is 1.46. The Morgan fingerprint density at radius 1 is 1.00 bits per heavy atom. The van der Waals surface area contributed by atoms with Gasteiger partial charge in [0.05, 0.1) is 22.3 Å². The molecule has 0 unspecified atom stereocenters. The number of aryl methyl sites for hydroxylation is 1. The number of aliphatic carboxylic acids is 1. The number of hydrogen-bond acceptors (Lipinski definition) is 4. The monoisotopic (exact) mass is 438 g/mol. The van der Waals surface area contributed by atoms with E-state index in [9.17, 15) is 17.6 Å². The van der Waals surface area contributed by atoms with Crippen molar-refractivity contribution in [1.29, 1.82) is 0 Å². The molecule has 0 saturated heterocycles. The molecule has 0 aliphatic heterocycles. The summed E-state index contributed by atoms with van der Waals surface area (Å²) in [7, 11) is -3.26. The Hall–Kier alpha value is -3.52. The molecular formula is C23H19FN2O4S. The molecule has 0 fully saturated rings. The number of benzene rings is 2. The summed E-state index contributed by atoms with van der Waals surface area (Å²) in [5.74, 6) is -1.38. The molecule has 8 heteroatoms. The van der Waals surface area contributed by atoms with Crippen LogP contribution in [0.3, 0.4) is 0 Å². The summed E-state index contributed by atoms with van der Waals surface area (Å²) in [5, 5.41) is 8.82. The van der Waals surface area contributed by atoms with Gasteiger partial charge in [-0.25, -0.2) is 17.8 Å².